The van der Waals surface area contributed by atoms with E-state index < -0.39 is 0 Å². The van der Waals surface area contributed by atoms with E-state index in [0.717, 1.165) is 0 Å². The van der Waals surface area contributed by atoms with Crippen LogP contribution in [0.1, 0.15) is 6.92 Å². The third kappa shape index (κ3) is 8.26. The molecule has 1 unspecified atom stereocenters. The van der Waals surface area contributed by atoms with Crippen LogP contribution < -0.4 is 5.32 Å². The second-order valence-electron chi connectivity index (χ2n) is 2.37. The van der Waals surface area contributed by atoms with Crippen LogP contribution in [0, 0.1) is 0 Å². The number of nitrogens with one attached hydrogen (secondary N) is 1. The molecule has 0 amide bonds. The Morgan fingerprint density at radius 2 is 2.33 bits per heavy atom. The van der Waals surface area contributed by atoms with E-state index in [4.69, 9.17) is 21.7 Å². The molecule has 3 nitrogen and oxygen atoms in total. The molecule has 72 valence electrons. The summed E-state index contributed by atoms with van der Waals surface area (Å²) in [5.74, 6) is 0. The minimum Gasteiger partial charge on any atom is -0.382 e. The first-order valence-corrected chi connectivity index (χ1v) is 4.59. The van der Waals surface area contributed by atoms with Crippen LogP contribution >= 0.6 is 24.8 Å². The van der Waals surface area contributed by atoms with Gasteiger partial charge in [0.15, 0.2) is 0 Å². The third-order valence-electron chi connectivity index (χ3n) is 1.18. The lowest BCUT2D eigenvalue weighted by Crippen LogP contribution is -2.25. The van der Waals surface area contributed by atoms with Gasteiger partial charge >= 0.3 is 0 Å². The van der Waals surface area contributed by atoms with E-state index in [0.29, 0.717) is 24.1 Å². The van der Waals surface area contributed by atoms with E-state index in [-0.39, 0.29) is 6.10 Å². The van der Waals surface area contributed by atoms with Crippen LogP contribution in [0.4, 0.5) is 0 Å². The van der Waals surface area contributed by atoms with Crippen LogP contribution in [0.2, 0.25) is 0 Å². The summed E-state index contributed by atoms with van der Waals surface area (Å²) >= 11 is 8.60. The van der Waals surface area contributed by atoms with Gasteiger partial charge in [0.05, 0.1) is 19.3 Å². The quantitative estimate of drug-likeness (QED) is 0.385. The van der Waals surface area contributed by atoms with Gasteiger partial charge in [-0.2, -0.15) is 0 Å². The Labute approximate surface area is 84.2 Å². The molecule has 0 aliphatic heterocycles. The molecular weight excluding hydrogens is 194 g/mol. The average molecular weight is 209 g/mol. The van der Waals surface area contributed by atoms with Crippen LogP contribution in [0.25, 0.3) is 0 Å². The lowest BCUT2D eigenvalue weighted by Gasteiger charge is -2.11. The summed E-state index contributed by atoms with van der Waals surface area (Å²) in [6.07, 6.45) is 0.130. The van der Waals surface area contributed by atoms with E-state index in [1.165, 1.54) is 0 Å². The van der Waals surface area contributed by atoms with Crippen molar-refractivity contribution in [1.29, 1.82) is 0 Å². The Bertz CT molecular complexity index is 133. The van der Waals surface area contributed by atoms with Gasteiger partial charge in [0, 0.05) is 13.7 Å². The van der Waals surface area contributed by atoms with Crippen LogP contribution in [-0.2, 0) is 9.47 Å². The fourth-order valence-electron chi connectivity index (χ4n) is 0.701. The molecule has 5 heteroatoms. The maximum absolute atomic E-state index is 5.35. The zero-order valence-corrected chi connectivity index (χ0v) is 9.08. The van der Waals surface area contributed by atoms with Crippen molar-refractivity contribution >= 4 is 29.2 Å². The Balaban J connectivity index is 3.13. The van der Waals surface area contributed by atoms with Gasteiger partial charge < -0.3 is 14.8 Å². The molecule has 12 heavy (non-hydrogen) atoms. The molecular formula is C7H15NO2S2. The number of hydrogen-bond acceptors (Lipinski definition) is 3. The van der Waals surface area contributed by atoms with Gasteiger partial charge in [-0.05, 0) is 6.92 Å². The highest BCUT2D eigenvalue weighted by atomic mass is 32.1. The van der Waals surface area contributed by atoms with Gasteiger partial charge in [0.1, 0.15) is 4.32 Å². The van der Waals surface area contributed by atoms with Crippen molar-refractivity contribution in [2.24, 2.45) is 0 Å². The number of thiol groups is 1. The average Bonchev–Trinajstić information content (AvgIpc) is 1.98. The van der Waals surface area contributed by atoms with Crippen molar-refractivity contribution in [2.45, 2.75) is 13.0 Å². The number of ether oxygens (including phenoxy) is 2. The fraction of sp³-hybridized carbons (Fsp3) is 0.857. The van der Waals surface area contributed by atoms with Crippen LogP contribution in [0.15, 0.2) is 0 Å². The predicted molar refractivity (Wildman–Crippen MR) is 56.9 cm³/mol. The molecule has 0 aliphatic rings. The highest BCUT2D eigenvalue weighted by Crippen LogP contribution is 1.89. The van der Waals surface area contributed by atoms with E-state index in [9.17, 15) is 0 Å². The number of thiocarbonyl (C=S) groups is 1. The molecule has 1 N–H and O–H groups in total. The number of hydrogen-bond donors (Lipinski definition) is 2. The van der Waals surface area contributed by atoms with E-state index in [2.05, 4.69) is 17.9 Å². The van der Waals surface area contributed by atoms with Gasteiger partial charge in [-0.1, -0.05) is 12.2 Å². The fourth-order valence-corrected chi connectivity index (χ4v) is 0.915. The van der Waals surface area contributed by atoms with Crippen molar-refractivity contribution in [1.82, 2.24) is 5.32 Å². The van der Waals surface area contributed by atoms with Crippen LogP contribution in [0.5, 0.6) is 0 Å². The summed E-state index contributed by atoms with van der Waals surface area (Å²) < 4.78 is 10.7. The van der Waals surface area contributed by atoms with E-state index in [1.807, 2.05) is 6.92 Å². The molecule has 0 aliphatic carbocycles. The zero-order chi connectivity index (χ0) is 9.40. The number of rotatable bonds is 6. The molecule has 0 spiro atoms. The summed E-state index contributed by atoms with van der Waals surface area (Å²) in [7, 11) is 1.65. The minimum atomic E-state index is 0.130. The maximum Gasteiger partial charge on any atom is 0.130 e. The van der Waals surface area contributed by atoms with Crippen molar-refractivity contribution in [3.63, 3.8) is 0 Å². The molecule has 0 radical (unpaired) electrons. The zero-order valence-electron chi connectivity index (χ0n) is 7.37. The lowest BCUT2D eigenvalue weighted by molar-refractivity contribution is 0.0119. The molecule has 0 heterocycles. The van der Waals surface area contributed by atoms with E-state index in [1.54, 1.807) is 7.11 Å². The third-order valence-corrected chi connectivity index (χ3v) is 1.48. The highest BCUT2D eigenvalue weighted by molar-refractivity contribution is 8.11. The van der Waals surface area contributed by atoms with Crippen molar-refractivity contribution in [3.05, 3.63) is 0 Å². The summed E-state index contributed by atoms with van der Waals surface area (Å²) in [6, 6.07) is 0. The number of methoxy groups -OCH3 is 1. The van der Waals surface area contributed by atoms with Crippen molar-refractivity contribution in [3.8, 4) is 0 Å². The first kappa shape index (κ1) is 12.2. The largest absolute Gasteiger partial charge is 0.382 e. The van der Waals surface area contributed by atoms with Crippen LogP contribution in [0.3, 0.4) is 0 Å². The Morgan fingerprint density at radius 1 is 1.67 bits per heavy atom. The first-order chi connectivity index (χ1) is 5.66. The first-order valence-electron chi connectivity index (χ1n) is 3.74. The highest BCUT2D eigenvalue weighted by Gasteiger charge is 1.99. The van der Waals surface area contributed by atoms with E-state index >= 15 is 0 Å². The molecule has 0 rings (SSSR count). The Morgan fingerprint density at radius 3 is 2.83 bits per heavy atom. The van der Waals surface area contributed by atoms with Gasteiger partial charge in [-0.15, -0.1) is 12.6 Å². The molecule has 0 saturated heterocycles. The molecule has 1 atom stereocenters. The topological polar surface area (TPSA) is 30.5 Å². The van der Waals surface area contributed by atoms with Gasteiger partial charge in [-0.25, -0.2) is 0 Å². The molecule has 0 fully saturated rings. The summed E-state index contributed by atoms with van der Waals surface area (Å²) in [4.78, 5) is 0. The SMILES string of the molecule is COCC(C)OCCNC(=S)S. The Hall–Kier alpha value is 0.160. The molecule has 0 aromatic rings. The van der Waals surface area contributed by atoms with Crippen molar-refractivity contribution in [2.75, 3.05) is 26.9 Å². The molecule has 0 aromatic carbocycles. The predicted octanol–water partition coefficient (Wildman–Crippen LogP) is 0.842. The minimum absolute atomic E-state index is 0.130. The summed E-state index contributed by atoms with van der Waals surface area (Å²) in [6.45, 7) is 3.88. The molecule has 0 bridgehead atoms. The lowest BCUT2D eigenvalue weighted by atomic mass is 10.4. The second-order valence-corrected chi connectivity index (χ2v) is 3.53. The van der Waals surface area contributed by atoms with Gasteiger partial charge in [0.2, 0.25) is 0 Å². The molecule has 0 saturated carbocycles. The summed E-state index contributed by atoms with van der Waals surface area (Å²) in [5, 5.41) is 2.87. The standard InChI is InChI=1S/C7H15NO2S2/c1-6(5-9-2)10-4-3-8-7(11)12/h6H,3-5H2,1-2H3,(H2,8,11,12). The maximum atomic E-state index is 5.35. The monoisotopic (exact) mass is 209 g/mol. The Kier molecular flexibility index (Phi) is 7.89. The van der Waals surface area contributed by atoms with Crippen LogP contribution in [-0.4, -0.2) is 37.3 Å². The smallest absolute Gasteiger partial charge is 0.130 e. The second kappa shape index (κ2) is 7.79. The molecule has 0 aromatic heterocycles. The normalized spacial score (nSPS) is 12.6. The van der Waals surface area contributed by atoms with Gasteiger partial charge in [0.25, 0.3) is 0 Å². The van der Waals surface area contributed by atoms with Crippen molar-refractivity contribution < 1.29 is 9.47 Å². The summed E-state index contributed by atoms with van der Waals surface area (Å²) in [5.41, 5.74) is 0. The van der Waals surface area contributed by atoms with Gasteiger partial charge in [-0.3, -0.25) is 0 Å².